The van der Waals surface area contributed by atoms with E-state index in [1.165, 1.54) is 0 Å². The summed E-state index contributed by atoms with van der Waals surface area (Å²) >= 11 is 16.4. The van der Waals surface area contributed by atoms with E-state index in [0.717, 1.165) is 0 Å². The molecular weight excluding hydrogens is 367 g/mol. The molecule has 0 aromatic rings. The molecule has 0 amide bonds. The minimum atomic E-state index is 0. The Labute approximate surface area is 132 Å². The Kier molecular flexibility index (Phi) is 43.0. The molecule has 0 rings (SSSR count). The van der Waals surface area contributed by atoms with Crippen molar-refractivity contribution in [3.05, 3.63) is 0 Å². The molecule has 0 aromatic heterocycles. The van der Waals surface area contributed by atoms with Crippen LogP contribution in [0.5, 0.6) is 0 Å². The van der Waals surface area contributed by atoms with Crippen molar-refractivity contribution in [3.8, 4) is 0 Å². The van der Waals surface area contributed by atoms with Crippen LogP contribution in [0.3, 0.4) is 0 Å². The molecule has 8 nitrogen and oxygen atoms in total. The van der Waals surface area contributed by atoms with E-state index in [2.05, 4.69) is 94.7 Å². The Hall–Kier alpha value is -0.721. The zero-order valence-electron chi connectivity index (χ0n) is 8.66. The fraction of sp³-hybridized carbons (Fsp3) is 0. The van der Waals surface area contributed by atoms with E-state index in [9.17, 15) is 0 Å². The smallest absolute Gasteiger partial charge is 0.160 e. The molecule has 2 radical (unpaired) electrons. The fourth-order valence-corrected chi connectivity index (χ4v) is 0. The van der Waals surface area contributed by atoms with Crippen molar-refractivity contribution < 1.29 is 0 Å². The summed E-state index contributed by atoms with van der Waals surface area (Å²) in [5.74, 6) is 0. The normalized spacial score (nSPS) is 5.65. The number of hydrogen-bond donors (Lipinski definition) is 8. The third-order valence-electron chi connectivity index (χ3n) is 0. The van der Waals surface area contributed by atoms with Crippen LogP contribution in [0.15, 0.2) is 0 Å². The van der Waals surface area contributed by atoms with Crippen LogP contribution in [0.2, 0.25) is 0 Å². The van der Waals surface area contributed by atoms with Gasteiger partial charge in [-0.05, 0) is 48.9 Å². The quantitative estimate of drug-likeness (QED) is 0.150. The van der Waals surface area contributed by atoms with Crippen molar-refractivity contribution in [2.75, 3.05) is 0 Å². The van der Waals surface area contributed by atoms with E-state index in [1.807, 2.05) is 0 Å². The maximum Gasteiger partial charge on any atom is 0.160 e. The van der Waals surface area contributed by atoms with E-state index in [0.29, 0.717) is 0 Å². The van der Waals surface area contributed by atoms with E-state index >= 15 is 0 Å². The Morgan fingerprint density at radius 3 is 0.412 bits per heavy atom. The van der Waals surface area contributed by atoms with Crippen molar-refractivity contribution in [1.29, 1.82) is 0 Å². The fourth-order valence-electron chi connectivity index (χ4n) is 0. The van der Waals surface area contributed by atoms with Gasteiger partial charge in [-0.25, -0.2) is 0 Å². The molecule has 0 fully saturated rings. The predicted molar refractivity (Wildman–Crippen MR) is 89.6 cm³/mol. The molecule has 13 heteroatoms. The number of thiocarbonyl (C=S) groups is 4. The van der Waals surface area contributed by atoms with E-state index in [-0.39, 0.29) is 37.5 Å². The number of rotatable bonds is 0. The summed E-state index contributed by atoms with van der Waals surface area (Å²) < 4.78 is 0. The van der Waals surface area contributed by atoms with Crippen molar-refractivity contribution in [3.63, 3.8) is 0 Å². The Balaban J connectivity index is -0.0000000369. The first-order chi connectivity index (χ1) is 6.93. The molecule has 0 aromatic carbocycles. The van der Waals surface area contributed by atoms with Gasteiger partial charge in [0.05, 0.1) is 0 Å². The molecule has 0 saturated heterocycles. The second-order valence-corrected chi connectivity index (χ2v) is 3.50. The standard InChI is InChI=1S/4CH4N2S.Se/c4*2-1(3)4;/h4*(H4,2,3,4);. The Morgan fingerprint density at radius 1 is 0.412 bits per heavy atom. The third kappa shape index (κ3) is 5190. The minimum absolute atomic E-state index is 0. The van der Waals surface area contributed by atoms with Gasteiger partial charge in [-0.15, -0.1) is 0 Å². The summed E-state index contributed by atoms with van der Waals surface area (Å²) in [6, 6.07) is 0. The van der Waals surface area contributed by atoms with Crippen LogP contribution in [-0.2, 0) is 0 Å². The molecule has 102 valence electrons. The second-order valence-electron chi connectivity index (χ2n) is 1.61. The molecule has 0 heterocycles. The average molecular weight is 383 g/mol. The molecule has 0 bridgehead atoms. The van der Waals surface area contributed by atoms with Crippen LogP contribution in [-0.4, -0.2) is 37.5 Å². The molecule has 0 unspecified atom stereocenters. The summed E-state index contributed by atoms with van der Waals surface area (Å²) in [6.07, 6.45) is 0. The largest absolute Gasteiger partial charge is 0.377 e. The van der Waals surface area contributed by atoms with Crippen LogP contribution < -0.4 is 45.9 Å². The first-order valence-electron chi connectivity index (χ1n) is 3.13. The predicted octanol–water partition coefficient (Wildman–Crippen LogP) is -3.63. The molecule has 0 atom stereocenters. The Bertz CT molecular complexity index is 170. The zero-order valence-corrected chi connectivity index (χ0v) is 13.6. The Morgan fingerprint density at radius 2 is 0.412 bits per heavy atom. The molecular formula is C4H16N8S4Se. The van der Waals surface area contributed by atoms with Gasteiger partial charge in [0, 0.05) is 17.1 Å². The number of hydrogen-bond acceptors (Lipinski definition) is 4. The molecule has 0 aliphatic carbocycles. The zero-order chi connectivity index (χ0) is 14.3. The third-order valence-corrected chi connectivity index (χ3v) is 0. The van der Waals surface area contributed by atoms with E-state index in [1.54, 1.807) is 0 Å². The minimum Gasteiger partial charge on any atom is -0.377 e. The maximum absolute atomic E-state index is 4.62. The van der Waals surface area contributed by atoms with Gasteiger partial charge < -0.3 is 45.9 Å². The van der Waals surface area contributed by atoms with Gasteiger partial charge in [0.1, 0.15) is 0 Å². The average Bonchev–Trinajstić information content (AvgIpc) is 1.76. The van der Waals surface area contributed by atoms with Crippen molar-refractivity contribution in [2.45, 2.75) is 0 Å². The summed E-state index contributed by atoms with van der Waals surface area (Å²) in [5, 5.41) is 0.000000000000000888. The van der Waals surface area contributed by atoms with Crippen LogP contribution in [0.1, 0.15) is 0 Å². The monoisotopic (exact) mass is 384 g/mol. The second kappa shape index (κ2) is 24.5. The molecule has 0 aliphatic rings. The van der Waals surface area contributed by atoms with Gasteiger partial charge in [0.2, 0.25) is 0 Å². The van der Waals surface area contributed by atoms with Gasteiger partial charge in [-0.1, -0.05) is 0 Å². The van der Waals surface area contributed by atoms with Crippen molar-refractivity contribution in [1.82, 2.24) is 0 Å². The van der Waals surface area contributed by atoms with Gasteiger partial charge in [0.25, 0.3) is 0 Å². The van der Waals surface area contributed by atoms with Crippen LogP contribution in [0, 0.1) is 0 Å². The molecule has 0 spiro atoms. The van der Waals surface area contributed by atoms with Gasteiger partial charge in [-0.2, -0.15) is 0 Å². The summed E-state index contributed by atoms with van der Waals surface area (Å²) in [4.78, 5) is 0. The van der Waals surface area contributed by atoms with Crippen molar-refractivity contribution in [2.24, 2.45) is 45.9 Å². The molecule has 0 aliphatic heterocycles. The summed E-state index contributed by atoms with van der Waals surface area (Å²) in [6.45, 7) is 0. The first kappa shape index (κ1) is 29.9. The SMILES string of the molecule is NC(N)=S.NC(N)=S.NC(N)=S.NC(N)=S.[Se]. The van der Waals surface area contributed by atoms with Gasteiger partial charge >= 0.3 is 0 Å². The topological polar surface area (TPSA) is 208 Å². The van der Waals surface area contributed by atoms with Crippen LogP contribution >= 0.6 is 48.9 Å². The van der Waals surface area contributed by atoms with Gasteiger partial charge in [0.15, 0.2) is 20.4 Å². The van der Waals surface area contributed by atoms with E-state index in [4.69, 9.17) is 0 Å². The summed E-state index contributed by atoms with van der Waals surface area (Å²) in [7, 11) is 0. The van der Waals surface area contributed by atoms with E-state index < -0.39 is 0 Å². The molecule has 17 heavy (non-hydrogen) atoms. The maximum atomic E-state index is 4.62. The summed E-state index contributed by atoms with van der Waals surface area (Å²) in [5.41, 5.74) is 37.0. The first-order valence-corrected chi connectivity index (χ1v) is 4.76. The molecule has 0 saturated carbocycles. The van der Waals surface area contributed by atoms with Crippen LogP contribution in [0.25, 0.3) is 0 Å². The number of nitrogens with two attached hydrogens (primary N) is 8. The van der Waals surface area contributed by atoms with Crippen molar-refractivity contribution >= 4 is 86.4 Å². The molecule has 16 N–H and O–H groups in total. The van der Waals surface area contributed by atoms with Crippen LogP contribution in [0.4, 0.5) is 0 Å². The van der Waals surface area contributed by atoms with Gasteiger partial charge in [-0.3, -0.25) is 0 Å².